The number of carbonyl (C=O) groups excluding carboxylic acids is 1. The molecule has 0 aliphatic heterocycles. The molecule has 1 N–H and O–H groups in total. The van der Waals surface area contributed by atoms with Gasteiger partial charge in [0.05, 0.1) is 12.5 Å². The fraction of sp³-hybridized carbons (Fsp3) is 0.538. The Morgan fingerprint density at radius 3 is 3.00 bits per heavy atom. The number of hydrogen-bond acceptors (Lipinski definition) is 4. The minimum Gasteiger partial charge on any atom is -0.466 e. The Labute approximate surface area is 102 Å². The molecule has 0 aromatic carbocycles. The Morgan fingerprint density at radius 1 is 1.59 bits per heavy atom. The number of nitrogens with zero attached hydrogens (tertiary/aromatic N) is 1. The van der Waals surface area contributed by atoms with Gasteiger partial charge in [0.15, 0.2) is 0 Å². The highest BCUT2D eigenvalue weighted by atomic mass is 16.5. The molecule has 0 spiro atoms. The average molecular weight is 236 g/mol. The second-order valence-corrected chi connectivity index (χ2v) is 4.09. The topological polar surface area (TPSA) is 51.2 Å². The van der Waals surface area contributed by atoms with Crippen LogP contribution in [0, 0.1) is 12.8 Å². The molecule has 0 fully saturated rings. The summed E-state index contributed by atoms with van der Waals surface area (Å²) in [4.78, 5) is 15.5. The number of aryl methyl sites for hydroxylation is 1. The van der Waals surface area contributed by atoms with E-state index < -0.39 is 0 Å². The van der Waals surface area contributed by atoms with Crippen LogP contribution in [0.2, 0.25) is 0 Å². The van der Waals surface area contributed by atoms with Crippen LogP contribution in [0.25, 0.3) is 0 Å². The number of rotatable bonds is 6. The minimum atomic E-state index is -0.150. The summed E-state index contributed by atoms with van der Waals surface area (Å²) >= 11 is 0. The molecule has 94 valence electrons. The van der Waals surface area contributed by atoms with Gasteiger partial charge in [-0.2, -0.15) is 0 Å². The maximum Gasteiger partial charge on any atom is 0.309 e. The van der Waals surface area contributed by atoms with Crippen molar-refractivity contribution in [1.29, 1.82) is 0 Å². The summed E-state index contributed by atoms with van der Waals surface area (Å²) in [6.45, 7) is 7.51. The molecular formula is C13H20N2O2. The van der Waals surface area contributed by atoms with E-state index in [1.54, 1.807) is 6.20 Å². The first-order valence-corrected chi connectivity index (χ1v) is 5.92. The Bertz CT molecular complexity index is 366. The molecular weight excluding hydrogens is 216 g/mol. The fourth-order valence-corrected chi connectivity index (χ4v) is 1.47. The molecule has 1 aromatic rings. The lowest BCUT2D eigenvalue weighted by atomic mass is 10.1. The Kier molecular flexibility index (Phi) is 5.63. The number of nitrogens with one attached hydrogen (secondary N) is 1. The van der Waals surface area contributed by atoms with Crippen LogP contribution in [-0.4, -0.2) is 24.1 Å². The summed E-state index contributed by atoms with van der Waals surface area (Å²) in [7, 11) is 0. The predicted octanol–water partition coefficient (Wildman–Crippen LogP) is 1.68. The lowest BCUT2D eigenvalue weighted by molar-refractivity contribution is -0.147. The molecule has 0 radical (unpaired) electrons. The van der Waals surface area contributed by atoms with E-state index >= 15 is 0 Å². The van der Waals surface area contributed by atoms with Crippen molar-refractivity contribution in [3.05, 3.63) is 29.6 Å². The van der Waals surface area contributed by atoms with Crippen molar-refractivity contribution >= 4 is 5.97 Å². The van der Waals surface area contributed by atoms with E-state index in [-0.39, 0.29) is 11.9 Å². The molecule has 4 heteroatoms. The zero-order chi connectivity index (χ0) is 12.7. The molecule has 1 heterocycles. The quantitative estimate of drug-likeness (QED) is 0.763. The van der Waals surface area contributed by atoms with Gasteiger partial charge in [-0.3, -0.25) is 9.78 Å². The highest BCUT2D eigenvalue weighted by molar-refractivity contribution is 5.72. The minimum absolute atomic E-state index is 0.119. The molecule has 0 amide bonds. The Morgan fingerprint density at radius 2 is 2.35 bits per heavy atom. The van der Waals surface area contributed by atoms with Crippen LogP contribution in [0.3, 0.4) is 0 Å². The SMILES string of the molecule is CCOC(=O)C(C)CNCc1cnccc1C. The van der Waals surface area contributed by atoms with Crippen LogP contribution < -0.4 is 5.32 Å². The summed E-state index contributed by atoms with van der Waals surface area (Å²) in [6, 6.07) is 1.98. The van der Waals surface area contributed by atoms with E-state index in [1.807, 2.05) is 33.0 Å². The molecule has 0 bridgehead atoms. The van der Waals surface area contributed by atoms with Crippen molar-refractivity contribution in [2.45, 2.75) is 27.3 Å². The van der Waals surface area contributed by atoms with Gasteiger partial charge >= 0.3 is 5.97 Å². The van der Waals surface area contributed by atoms with Gasteiger partial charge in [0.2, 0.25) is 0 Å². The van der Waals surface area contributed by atoms with Crippen LogP contribution in [-0.2, 0) is 16.1 Å². The highest BCUT2D eigenvalue weighted by Gasteiger charge is 2.12. The second-order valence-electron chi connectivity index (χ2n) is 4.09. The second kappa shape index (κ2) is 7.01. The Balaban J connectivity index is 2.33. The van der Waals surface area contributed by atoms with E-state index in [0.29, 0.717) is 13.2 Å². The van der Waals surface area contributed by atoms with Crippen molar-refractivity contribution in [2.75, 3.05) is 13.2 Å². The highest BCUT2D eigenvalue weighted by Crippen LogP contribution is 2.04. The van der Waals surface area contributed by atoms with Gasteiger partial charge in [0.1, 0.15) is 0 Å². The predicted molar refractivity (Wildman–Crippen MR) is 66.5 cm³/mol. The maximum absolute atomic E-state index is 11.4. The van der Waals surface area contributed by atoms with Gasteiger partial charge in [-0.05, 0) is 31.0 Å². The molecule has 0 saturated heterocycles. The molecule has 1 atom stereocenters. The number of hydrogen-bond donors (Lipinski definition) is 1. The molecule has 1 aromatic heterocycles. The summed E-state index contributed by atoms with van der Waals surface area (Å²) in [5.41, 5.74) is 2.36. The molecule has 0 saturated carbocycles. The first-order valence-electron chi connectivity index (χ1n) is 5.92. The third kappa shape index (κ3) is 4.53. The lowest BCUT2D eigenvalue weighted by Crippen LogP contribution is -2.27. The smallest absolute Gasteiger partial charge is 0.309 e. The van der Waals surface area contributed by atoms with E-state index in [4.69, 9.17) is 4.74 Å². The van der Waals surface area contributed by atoms with Crippen LogP contribution in [0.5, 0.6) is 0 Å². The normalized spacial score (nSPS) is 12.2. The van der Waals surface area contributed by atoms with E-state index in [9.17, 15) is 4.79 Å². The van der Waals surface area contributed by atoms with Crippen LogP contribution in [0.15, 0.2) is 18.5 Å². The maximum atomic E-state index is 11.4. The number of carbonyl (C=O) groups is 1. The third-order valence-corrected chi connectivity index (χ3v) is 2.60. The number of pyridine rings is 1. The van der Waals surface area contributed by atoms with Crippen molar-refractivity contribution in [2.24, 2.45) is 5.92 Å². The standard InChI is InChI=1S/C13H20N2O2/c1-4-17-13(16)11(3)7-15-9-12-8-14-6-5-10(12)2/h5-6,8,11,15H,4,7,9H2,1-3H3. The molecule has 0 aliphatic carbocycles. The van der Waals surface area contributed by atoms with Gasteiger partial charge < -0.3 is 10.1 Å². The first-order chi connectivity index (χ1) is 8.15. The third-order valence-electron chi connectivity index (χ3n) is 2.60. The Hall–Kier alpha value is -1.42. The zero-order valence-electron chi connectivity index (χ0n) is 10.7. The van der Waals surface area contributed by atoms with Crippen molar-refractivity contribution in [3.63, 3.8) is 0 Å². The lowest BCUT2D eigenvalue weighted by Gasteiger charge is -2.12. The molecule has 4 nitrogen and oxygen atoms in total. The monoisotopic (exact) mass is 236 g/mol. The largest absolute Gasteiger partial charge is 0.466 e. The summed E-state index contributed by atoms with van der Waals surface area (Å²) in [5.74, 6) is -0.269. The summed E-state index contributed by atoms with van der Waals surface area (Å²) < 4.78 is 4.94. The first kappa shape index (κ1) is 13.6. The van der Waals surface area contributed by atoms with E-state index in [0.717, 1.165) is 12.1 Å². The molecule has 0 aliphatic rings. The van der Waals surface area contributed by atoms with Gasteiger partial charge in [-0.25, -0.2) is 0 Å². The van der Waals surface area contributed by atoms with Crippen LogP contribution in [0.4, 0.5) is 0 Å². The number of esters is 1. The summed E-state index contributed by atoms with van der Waals surface area (Å²) in [5, 5.41) is 3.24. The average Bonchev–Trinajstić information content (AvgIpc) is 2.31. The molecule has 1 rings (SSSR count). The number of aromatic nitrogens is 1. The summed E-state index contributed by atoms with van der Waals surface area (Å²) in [6.07, 6.45) is 3.62. The van der Waals surface area contributed by atoms with Crippen molar-refractivity contribution < 1.29 is 9.53 Å². The van der Waals surface area contributed by atoms with Gasteiger partial charge in [0, 0.05) is 25.5 Å². The zero-order valence-corrected chi connectivity index (χ0v) is 10.7. The van der Waals surface area contributed by atoms with Gasteiger partial charge in [-0.15, -0.1) is 0 Å². The van der Waals surface area contributed by atoms with Gasteiger partial charge in [-0.1, -0.05) is 6.92 Å². The van der Waals surface area contributed by atoms with Crippen molar-refractivity contribution in [3.8, 4) is 0 Å². The van der Waals surface area contributed by atoms with Gasteiger partial charge in [0.25, 0.3) is 0 Å². The van der Waals surface area contributed by atoms with Crippen LogP contribution >= 0.6 is 0 Å². The van der Waals surface area contributed by atoms with Crippen LogP contribution in [0.1, 0.15) is 25.0 Å². The molecule has 17 heavy (non-hydrogen) atoms. The van der Waals surface area contributed by atoms with E-state index in [2.05, 4.69) is 10.3 Å². The fourth-order valence-electron chi connectivity index (χ4n) is 1.47. The molecule has 1 unspecified atom stereocenters. The van der Waals surface area contributed by atoms with Crippen molar-refractivity contribution in [1.82, 2.24) is 10.3 Å². The number of ether oxygens (including phenoxy) is 1. The van der Waals surface area contributed by atoms with E-state index in [1.165, 1.54) is 5.56 Å².